The van der Waals surface area contributed by atoms with Crippen molar-refractivity contribution in [3.63, 3.8) is 0 Å². The number of aromatic nitrogens is 3. The van der Waals surface area contributed by atoms with Crippen LogP contribution in [-0.4, -0.2) is 32.8 Å². The third-order valence-corrected chi connectivity index (χ3v) is 3.89. The predicted molar refractivity (Wildman–Crippen MR) is 95.5 cm³/mol. The van der Waals surface area contributed by atoms with Crippen LogP contribution in [0.5, 0.6) is 0 Å². The van der Waals surface area contributed by atoms with E-state index in [9.17, 15) is 14.9 Å². The van der Waals surface area contributed by atoms with Crippen molar-refractivity contribution in [1.82, 2.24) is 20.3 Å². The Kier molecular flexibility index (Phi) is 4.66. The first-order valence-electron chi connectivity index (χ1n) is 7.75. The topological polar surface area (TPSA) is 111 Å². The molecule has 0 saturated carbocycles. The van der Waals surface area contributed by atoms with Gasteiger partial charge in [0.05, 0.1) is 16.3 Å². The van der Waals surface area contributed by atoms with Gasteiger partial charge in [-0.1, -0.05) is 6.07 Å². The van der Waals surface area contributed by atoms with Crippen LogP contribution in [-0.2, 0) is 0 Å². The van der Waals surface area contributed by atoms with Crippen molar-refractivity contribution in [3.05, 3.63) is 70.3 Å². The number of rotatable bonds is 4. The highest BCUT2D eigenvalue weighted by Crippen LogP contribution is 2.28. The number of nitrogens with zero attached hydrogens (tertiary/aromatic N) is 4. The zero-order valence-corrected chi connectivity index (χ0v) is 14.1. The number of nitrogens with one attached hydrogen (secondary N) is 1. The van der Waals surface area contributed by atoms with E-state index in [1.165, 1.54) is 31.7 Å². The molecule has 1 amide bonds. The molecule has 3 rings (SSSR count). The molecular weight excluding hydrogens is 334 g/mol. The SMILES string of the molecule is CNC(=O)c1cc(-c2cc(-c3cc([N+](=O)[O-])ccc3C)ncn2)ccn1. The van der Waals surface area contributed by atoms with Crippen molar-refractivity contribution in [2.45, 2.75) is 6.92 Å². The van der Waals surface area contributed by atoms with Crippen LogP contribution in [0, 0.1) is 17.0 Å². The molecule has 26 heavy (non-hydrogen) atoms. The Morgan fingerprint density at radius 3 is 2.58 bits per heavy atom. The van der Waals surface area contributed by atoms with Gasteiger partial charge in [0.2, 0.25) is 0 Å². The number of nitro benzene ring substituents is 1. The highest BCUT2D eigenvalue weighted by molar-refractivity contribution is 5.93. The number of hydrogen-bond donors (Lipinski definition) is 1. The number of pyridine rings is 1. The Morgan fingerprint density at radius 2 is 1.85 bits per heavy atom. The minimum Gasteiger partial charge on any atom is -0.354 e. The van der Waals surface area contributed by atoms with Gasteiger partial charge in [-0.2, -0.15) is 0 Å². The molecule has 0 saturated heterocycles. The van der Waals surface area contributed by atoms with Gasteiger partial charge in [-0.05, 0) is 30.7 Å². The summed E-state index contributed by atoms with van der Waals surface area (Å²) in [6.07, 6.45) is 2.92. The van der Waals surface area contributed by atoms with Crippen LogP contribution >= 0.6 is 0 Å². The number of non-ortho nitro benzene ring substituents is 1. The molecule has 8 nitrogen and oxygen atoms in total. The van der Waals surface area contributed by atoms with Gasteiger partial charge in [-0.3, -0.25) is 19.9 Å². The first kappa shape index (κ1) is 17.2. The number of hydrogen-bond acceptors (Lipinski definition) is 6. The molecule has 0 aliphatic rings. The fourth-order valence-corrected chi connectivity index (χ4v) is 2.50. The largest absolute Gasteiger partial charge is 0.354 e. The number of benzene rings is 1. The highest BCUT2D eigenvalue weighted by Gasteiger charge is 2.13. The molecule has 0 unspecified atom stereocenters. The van der Waals surface area contributed by atoms with Gasteiger partial charge in [0, 0.05) is 36.5 Å². The van der Waals surface area contributed by atoms with Crippen molar-refractivity contribution < 1.29 is 9.72 Å². The molecule has 2 heterocycles. The van der Waals surface area contributed by atoms with Crippen LogP contribution in [0.25, 0.3) is 22.5 Å². The summed E-state index contributed by atoms with van der Waals surface area (Å²) in [5.74, 6) is -0.296. The van der Waals surface area contributed by atoms with E-state index in [2.05, 4.69) is 20.3 Å². The van der Waals surface area contributed by atoms with Gasteiger partial charge in [0.1, 0.15) is 12.0 Å². The smallest absolute Gasteiger partial charge is 0.270 e. The standard InChI is InChI=1S/C18H15N5O3/c1-11-3-4-13(23(25)26)8-14(11)16-9-15(21-10-22-16)12-5-6-20-17(7-12)18(24)19-2/h3-10H,1-2H3,(H,19,24). The molecule has 3 aromatic rings. The number of carbonyl (C=O) groups excluding carboxylic acids is 1. The zero-order valence-electron chi connectivity index (χ0n) is 14.1. The van der Waals surface area contributed by atoms with E-state index in [0.717, 1.165) is 5.56 Å². The Labute approximate surface area is 149 Å². The van der Waals surface area contributed by atoms with Crippen molar-refractivity contribution >= 4 is 11.6 Å². The minimum atomic E-state index is -0.441. The lowest BCUT2D eigenvalue weighted by molar-refractivity contribution is -0.384. The lowest BCUT2D eigenvalue weighted by atomic mass is 10.0. The second-order valence-electron chi connectivity index (χ2n) is 5.55. The molecular formula is C18H15N5O3. The monoisotopic (exact) mass is 349 g/mol. The summed E-state index contributed by atoms with van der Waals surface area (Å²) >= 11 is 0. The van der Waals surface area contributed by atoms with Crippen LogP contribution in [0.1, 0.15) is 16.1 Å². The Hall–Kier alpha value is -3.68. The molecule has 0 atom stereocenters. The number of nitro groups is 1. The molecule has 0 spiro atoms. The summed E-state index contributed by atoms with van der Waals surface area (Å²) < 4.78 is 0. The lowest BCUT2D eigenvalue weighted by Gasteiger charge is -2.08. The van der Waals surface area contributed by atoms with Crippen molar-refractivity contribution in [2.75, 3.05) is 7.05 Å². The van der Waals surface area contributed by atoms with Gasteiger partial charge < -0.3 is 5.32 Å². The number of carbonyl (C=O) groups is 1. The van der Waals surface area contributed by atoms with E-state index in [1.807, 2.05) is 6.92 Å². The Bertz CT molecular complexity index is 1000. The summed E-state index contributed by atoms with van der Waals surface area (Å²) in [5, 5.41) is 13.6. The van der Waals surface area contributed by atoms with Crippen molar-refractivity contribution in [1.29, 1.82) is 0 Å². The summed E-state index contributed by atoms with van der Waals surface area (Å²) in [6.45, 7) is 1.86. The number of amides is 1. The fourth-order valence-electron chi connectivity index (χ4n) is 2.50. The molecule has 1 aromatic carbocycles. The molecule has 0 radical (unpaired) electrons. The minimum absolute atomic E-state index is 0.00317. The first-order valence-corrected chi connectivity index (χ1v) is 7.75. The third-order valence-electron chi connectivity index (χ3n) is 3.89. The Balaban J connectivity index is 2.06. The van der Waals surface area contributed by atoms with Crippen molar-refractivity contribution in [3.8, 4) is 22.5 Å². The average molecular weight is 349 g/mol. The quantitative estimate of drug-likeness (QED) is 0.573. The maximum atomic E-state index is 11.8. The molecule has 8 heteroatoms. The van der Waals surface area contributed by atoms with Gasteiger partial charge in [0.15, 0.2) is 0 Å². The second kappa shape index (κ2) is 7.06. The van der Waals surface area contributed by atoms with E-state index < -0.39 is 4.92 Å². The normalized spacial score (nSPS) is 10.4. The van der Waals surface area contributed by atoms with E-state index in [4.69, 9.17) is 0 Å². The van der Waals surface area contributed by atoms with Gasteiger partial charge in [0.25, 0.3) is 11.6 Å². The van der Waals surface area contributed by atoms with E-state index >= 15 is 0 Å². The zero-order chi connectivity index (χ0) is 18.7. The van der Waals surface area contributed by atoms with Gasteiger partial charge in [-0.25, -0.2) is 9.97 Å². The molecule has 0 aliphatic carbocycles. The molecule has 1 N–H and O–H groups in total. The maximum Gasteiger partial charge on any atom is 0.270 e. The first-order chi connectivity index (χ1) is 12.5. The molecule has 0 aliphatic heterocycles. The van der Waals surface area contributed by atoms with E-state index in [-0.39, 0.29) is 17.3 Å². The maximum absolute atomic E-state index is 11.8. The van der Waals surface area contributed by atoms with Crippen molar-refractivity contribution in [2.24, 2.45) is 0 Å². The summed E-state index contributed by atoms with van der Waals surface area (Å²) in [5.41, 5.74) is 3.64. The molecule has 2 aromatic heterocycles. The highest BCUT2D eigenvalue weighted by atomic mass is 16.6. The van der Waals surface area contributed by atoms with E-state index in [1.54, 1.807) is 24.3 Å². The Morgan fingerprint density at radius 1 is 1.08 bits per heavy atom. The predicted octanol–water partition coefficient (Wildman–Crippen LogP) is 2.78. The van der Waals surface area contributed by atoms with Crippen LogP contribution in [0.15, 0.2) is 48.9 Å². The number of aryl methyl sites for hydroxylation is 1. The average Bonchev–Trinajstić information content (AvgIpc) is 2.67. The molecule has 0 bridgehead atoms. The fraction of sp³-hybridized carbons (Fsp3) is 0.111. The van der Waals surface area contributed by atoms with Crippen LogP contribution < -0.4 is 5.32 Å². The lowest BCUT2D eigenvalue weighted by Crippen LogP contribution is -2.19. The summed E-state index contributed by atoms with van der Waals surface area (Å²) in [4.78, 5) is 34.9. The van der Waals surface area contributed by atoms with Crippen LogP contribution in [0.4, 0.5) is 5.69 Å². The van der Waals surface area contributed by atoms with Crippen LogP contribution in [0.3, 0.4) is 0 Å². The summed E-state index contributed by atoms with van der Waals surface area (Å²) in [6, 6.07) is 9.73. The molecule has 130 valence electrons. The summed E-state index contributed by atoms with van der Waals surface area (Å²) in [7, 11) is 1.53. The third kappa shape index (κ3) is 3.39. The van der Waals surface area contributed by atoms with Crippen LogP contribution in [0.2, 0.25) is 0 Å². The molecule has 0 fully saturated rings. The van der Waals surface area contributed by atoms with Gasteiger partial charge >= 0.3 is 0 Å². The van der Waals surface area contributed by atoms with Gasteiger partial charge in [-0.15, -0.1) is 0 Å². The second-order valence-corrected chi connectivity index (χ2v) is 5.55. The van der Waals surface area contributed by atoms with E-state index in [0.29, 0.717) is 22.5 Å².